The molecule has 1 aromatic carbocycles. The van der Waals surface area contributed by atoms with E-state index in [1.807, 2.05) is 25.1 Å². The SMILES string of the molecule is Cc1cccc2c(NC(=O)c3ccncc3)ccnc12. The maximum absolute atomic E-state index is 12.2. The van der Waals surface area contributed by atoms with Crippen molar-refractivity contribution in [2.24, 2.45) is 0 Å². The third-order valence-corrected chi connectivity index (χ3v) is 3.16. The van der Waals surface area contributed by atoms with Crippen molar-refractivity contribution in [3.05, 3.63) is 66.1 Å². The molecule has 0 bridgehead atoms. The molecule has 20 heavy (non-hydrogen) atoms. The van der Waals surface area contributed by atoms with Crippen LogP contribution in [-0.4, -0.2) is 15.9 Å². The van der Waals surface area contributed by atoms with Gasteiger partial charge in [-0.3, -0.25) is 14.8 Å². The summed E-state index contributed by atoms with van der Waals surface area (Å²) in [5.41, 5.74) is 3.33. The van der Waals surface area contributed by atoms with Gasteiger partial charge < -0.3 is 5.32 Å². The number of benzene rings is 1. The highest BCUT2D eigenvalue weighted by atomic mass is 16.1. The highest BCUT2D eigenvalue weighted by Gasteiger charge is 2.09. The molecule has 0 fully saturated rings. The molecule has 0 radical (unpaired) electrons. The summed E-state index contributed by atoms with van der Waals surface area (Å²) in [6, 6.07) is 11.1. The first-order chi connectivity index (χ1) is 9.75. The molecule has 1 N–H and O–H groups in total. The van der Waals surface area contributed by atoms with Gasteiger partial charge >= 0.3 is 0 Å². The van der Waals surface area contributed by atoms with Gasteiger partial charge in [-0.05, 0) is 30.7 Å². The Bertz CT molecular complexity index is 769. The Hall–Kier alpha value is -2.75. The number of pyridine rings is 2. The molecule has 0 atom stereocenters. The Morgan fingerprint density at radius 1 is 1.05 bits per heavy atom. The molecular formula is C16H13N3O. The lowest BCUT2D eigenvalue weighted by atomic mass is 10.1. The number of amides is 1. The molecule has 0 aliphatic heterocycles. The van der Waals surface area contributed by atoms with Gasteiger partial charge in [0.15, 0.2) is 0 Å². The van der Waals surface area contributed by atoms with E-state index in [1.54, 1.807) is 36.8 Å². The topological polar surface area (TPSA) is 54.9 Å². The zero-order valence-corrected chi connectivity index (χ0v) is 11.0. The number of hydrogen-bond acceptors (Lipinski definition) is 3. The molecule has 1 amide bonds. The van der Waals surface area contributed by atoms with Gasteiger partial charge in [0.25, 0.3) is 5.91 Å². The molecule has 3 aromatic rings. The van der Waals surface area contributed by atoms with E-state index in [-0.39, 0.29) is 5.91 Å². The molecule has 4 nitrogen and oxygen atoms in total. The Morgan fingerprint density at radius 2 is 1.85 bits per heavy atom. The molecule has 2 heterocycles. The zero-order valence-electron chi connectivity index (χ0n) is 11.0. The van der Waals surface area contributed by atoms with Crippen LogP contribution in [0.3, 0.4) is 0 Å². The van der Waals surface area contributed by atoms with Crippen LogP contribution in [0, 0.1) is 6.92 Å². The van der Waals surface area contributed by atoms with Gasteiger partial charge in [-0.2, -0.15) is 0 Å². The minimum atomic E-state index is -0.151. The second kappa shape index (κ2) is 5.09. The average molecular weight is 263 g/mol. The summed E-state index contributed by atoms with van der Waals surface area (Å²) in [6.07, 6.45) is 4.91. The van der Waals surface area contributed by atoms with E-state index < -0.39 is 0 Å². The summed E-state index contributed by atoms with van der Waals surface area (Å²) in [5.74, 6) is -0.151. The standard InChI is InChI=1S/C16H13N3O/c1-11-3-2-4-13-14(7-10-18-15(11)13)19-16(20)12-5-8-17-9-6-12/h2-10H,1H3,(H,18,19,20). The van der Waals surface area contributed by atoms with Crippen molar-refractivity contribution in [1.82, 2.24) is 9.97 Å². The summed E-state index contributed by atoms with van der Waals surface area (Å²) < 4.78 is 0. The molecule has 0 spiro atoms. The van der Waals surface area contributed by atoms with Crippen LogP contribution in [0.5, 0.6) is 0 Å². The minimum absolute atomic E-state index is 0.151. The van der Waals surface area contributed by atoms with Crippen LogP contribution >= 0.6 is 0 Å². The molecule has 0 aliphatic rings. The van der Waals surface area contributed by atoms with Crippen molar-refractivity contribution in [1.29, 1.82) is 0 Å². The number of carbonyl (C=O) groups excluding carboxylic acids is 1. The molecular weight excluding hydrogens is 250 g/mol. The second-order valence-corrected chi connectivity index (χ2v) is 4.52. The van der Waals surface area contributed by atoms with Crippen molar-refractivity contribution in [2.45, 2.75) is 6.92 Å². The van der Waals surface area contributed by atoms with E-state index >= 15 is 0 Å². The predicted molar refractivity (Wildman–Crippen MR) is 78.7 cm³/mol. The lowest BCUT2D eigenvalue weighted by molar-refractivity contribution is 0.102. The van der Waals surface area contributed by atoms with E-state index in [1.165, 1.54) is 0 Å². The van der Waals surface area contributed by atoms with Gasteiger partial charge in [-0.15, -0.1) is 0 Å². The number of para-hydroxylation sites is 1. The Kier molecular flexibility index (Phi) is 3.13. The van der Waals surface area contributed by atoms with E-state index in [2.05, 4.69) is 15.3 Å². The Labute approximate surface area is 116 Å². The number of rotatable bonds is 2. The van der Waals surface area contributed by atoms with Crippen LogP contribution in [0.2, 0.25) is 0 Å². The minimum Gasteiger partial charge on any atom is -0.321 e. The van der Waals surface area contributed by atoms with Gasteiger partial charge in [-0.1, -0.05) is 18.2 Å². The van der Waals surface area contributed by atoms with Crippen molar-refractivity contribution >= 4 is 22.5 Å². The molecule has 0 aliphatic carbocycles. The number of hydrogen-bond donors (Lipinski definition) is 1. The fourth-order valence-corrected chi connectivity index (χ4v) is 2.13. The fourth-order valence-electron chi connectivity index (χ4n) is 2.13. The van der Waals surface area contributed by atoms with Crippen LogP contribution in [0.1, 0.15) is 15.9 Å². The fraction of sp³-hybridized carbons (Fsp3) is 0.0625. The summed E-state index contributed by atoms with van der Waals surface area (Å²) in [4.78, 5) is 20.4. The molecule has 3 rings (SSSR count). The van der Waals surface area contributed by atoms with Gasteiger partial charge in [0.05, 0.1) is 11.2 Å². The molecule has 0 unspecified atom stereocenters. The van der Waals surface area contributed by atoms with E-state index in [4.69, 9.17) is 0 Å². The van der Waals surface area contributed by atoms with Gasteiger partial charge in [-0.25, -0.2) is 0 Å². The highest BCUT2D eigenvalue weighted by Crippen LogP contribution is 2.24. The first-order valence-electron chi connectivity index (χ1n) is 6.31. The maximum Gasteiger partial charge on any atom is 0.255 e. The monoisotopic (exact) mass is 263 g/mol. The number of fused-ring (bicyclic) bond motifs is 1. The van der Waals surface area contributed by atoms with Crippen molar-refractivity contribution in [3.8, 4) is 0 Å². The van der Waals surface area contributed by atoms with Crippen LogP contribution in [0.15, 0.2) is 55.0 Å². The Morgan fingerprint density at radius 3 is 2.65 bits per heavy atom. The highest BCUT2D eigenvalue weighted by molar-refractivity contribution is 6.08. The number of nitrogens with zero attached hydrogens (tertiary/aromatic N) is 2. The summed E-state index contributed by atoms with van der Waals surface area (Å²) in [5, 5.41) is 3.86. The number of aromatic nitrogens is 2. The van der Waals surface area contributed by atoms with Crippen LogP contribution < -0.4 is 5.32 Å². The van der Waals surface area contributed by atoms with Crippen LogP contribution in [0.4, 0.5) is 5.69 Å². The second-order valence-electron chi connectivity index (χ2n) is 4.52. The Balaban J connectivity index is 2.00. The molecule has 98 valence electrons. The first-order valence-corrected chi connectivity index (χ1v) is 6.31. The van der Waals surface area contributed by atoms with E-state index in [0.29, 0.717) is 5.56 Å². The number of carbonyl (C=O) groups is 1. The summed E-state index contributed by atoms with van der Waals surface area (Å²) in [7, 11) is 0. The van der Waals surface area contributed by atoms with Crippen LogP contribution in [-0.2, 0) is 0 Å². The van der Waals surface area contributed by atoms with E-state index in [9.17, 15) is 4.79 Å². The van der Waals surface area contributed by atoms with Crippen LogP contribution in [0.25, 0.3) is 10.9 Å². The number of aryl methyl sites for hydroxylation is 1. The third kappa shape index (κ3) is 2.23. The maximum atomic E-state index is 12.2. The normalized spacial score (nSPS) is 10.4. The predicted octanol–water partition coefficient (Wildman–Crippen LogP) is 3.19. The third-order valence-electron chi connectivity index (χ3n) is 3.16. The van der Waals surface area contributed by atoms with Crippen molar-refractivity contribution in [2.75, 3.05) is 5.32 Å². The summed E-state index contributed by atoms with van der Waals surface area (Å²) in [6.45, 7) is 2.00. The molecule has 0 saturated heterocycles. The molecule has 2 aromatic heterocycles. The quantitative estimate of drug-likeness (QED) is 0.772. The number of nitrogens with one attached hydrogen (secondary N) is 1. The molecule has 0 saturated carbocycles. The van der Waals surface area contributed by atoms with Gasteiger partial charge in [0, 0.05) is 29.5 Å². The lowest BCUT2D eigenvalue weighted by Crippen LogP contribution is -2.12. The smallest absolute Gasteiger partial charge is 0.255 e. The van der Waals surface area contributed by atoms with Gasteiger partial charge in [0.1, 0.15) is 0 Å². The molecule has 4 heteroatoms. The number of anilines is 1. The largest absolute Gasteiger partial charge is 0.321 e. The zero-order chi connectivity index (χ0) is 13.9. The van der Waals surface area contributed by atoms with E-state index in [0.717, 1.165) is 22.2 Å². The van der Waals surface area contributed by atoms with Crippen molar-refractivity contribution < 1.29 is 4.79 Å². The summed E-state index contributed by atoms with van der Waals surface area (Å²) >= 11 is 0. The average Bonchev–Trinajstić information content (AvgIpc) is 2.49. The van der Waals surface area contributed by atoms with Crippen molar-refractivity contribution in [3.63, 3.8) is 0 Å². The lowest BCUT2D eigenvalue weighted by Gasteiger charge is -2.09. The van der Waals surface area contributed by atoms with Gasteiger partial charge in [0.2, 0.25) is 0 Å². The first kappa shape index (κ1) is 12.3.